The van der Waals surface area contributed by atoms with E-state index < -0.39 is 0 Å². The molecule has 0 aliphatic carbocycles. The molecule has 2 aromatic rings. The minimum absolute atomic E-state index is 0.0106. The number of aromatic amines is 1. The molecule has 0 spiro atoms. The van der Waals surface area contributed by atoms with Crippen LogP contribution in [0.3, 0.4) is 0 Å². The Balaban J connectivity index is 2.54. The molecule has 1 heterocycles. The summed E-state index contributed by atoms with van der Waals surface area (Å²) < 4.78 is 4.95. The Morgan fingerprint density at radius 1 is 1.43 bits per heavy atom. The molecule has 0 aliphatic heterocycles. The first-order valence-electron chi connectivity index (χ1n) is 3.92. The highest BCUT2D eigenvalue weighted by Crippen LogP contribution is 2.34. The van der Waals surface area contributed by atoms with Crippen molar-refractivity contribution in [2.24, 2.45) is 0 Å². The van der Waals surface area contributed by atoms with E-state index in [2.05, 4.69) is 20.6 Å². The molecule has 0 saturated carbocycles. The molecule has 0 atom stereocenters. The molecule has 72 valence electrons. The zero-order valence-corrected chi connectivity index (χ0v) is 7.43. The quantitative estimate of drug-likeness (QED) is 0.727. The number of para-hydroxylation sites is 1. The van der Waals surface area contributed by atoms with E-state index in [-0.39, 0.29) is 5.75 Å². The number of H-pyrrole nitrogens is 1. The van der Waals surface area contributed by atoms with Crippen molar-refractivity contribution in [1.82, 2.24) is 20.6 Å². The summed E-state index contributed by atoms with van der Waals surface area (Å²) >= 11 is 0. The number of tetrazole rings is 1. The molecule has 14 heavy (non-hydrogen) atoms. The number of ether oxygens (including phenoxy) is 1. The lowest BCUT2D eigenvalue weighted by Gasteiger charge is -2.04. The van der Waals surface area contributed by atoms with E-state index in [1.807, 2.05) is 0 Å². The van der Waals surface area contributed by atoms with Gasteiger partial charge in [-0.05, 0) is 17.3 Å². The van der Waals surface area contributed by atoms with Gasteiger partial charge in [-0.15, -0.1) is 10.2 Å². The maximum atomic E-state index is 9.71. The summed E-state index contributed by atoms with van der Waals surface area (Å²) in [6, 6.07) is 5.08. The van der Waals surface area contributed by atoms with Gasteiger partial charge in [0.1, 0.15) is 0 Å². The van der Waals surface area contributed by atoms with E-state index in [0.29, 0.717) is 17.1 Å². The molecule has 0 saturated heterocycles. The molecular formula is C8H8N4O2. The van der Waals surface area contributed by atoms with Gasteiger partial charge >= 0.3 is 0 Å². The lowest BCUT2D eigenvalue weighted by molar-refractivity contribution is 0.374. The third-order valence-electron chi connectivity index (χ3n) is 1.81. The minimum Gasteiger partial charge on any atom is -0.504 e. The van der Waals surface area contributed by atoms with Crippen LogP contribution in [0.1, 0.15) is 0 Å². The van der Waals surface area contributed by atoms with Crippen LogP contribution in [-0.2, 0) is 0 Å². The van der Waals surface area contributed by atoms with Crippen LogP contribution in [0.5, 0.6) is 11.5 Å². The third kappa shape index (κ3) is 1.26. The number of methoxy groups -OCH3 is 1. The summed E-state index contributed by atoms with van der Waals surface area (Å²) in [5.41, 5.74) is 0.484. The summed E-state index contributed by atoms with van der Waals surface area (Å²) in [4.78, 5) is 0. The fourth-order valence-electron chi connectivity index (χ4n) is 1.14. The highest BCUT2D eigenvalue weighted by molar-refractivity contribution is 5.67. The number of phenolic OH excluding ortho intramolecular Hbond substituents is 1. The van der Waals surface area contributed by atoms with Crippen molar-refractivity contribution in [3.63, 3.8) is 0 Å². The Hall–Kier alpha value is -2.11. The number of benzene rings is 1. The second-order valence-corrected chi connectivity index (χ2v) is 2.59. The van der Waals surface area contributed by atoms with Gasteiger partial charge in [0.05, 0.1) is 12.7 Å². The maximum absolute atomic E-state index is 9.71. The first-order valence-corrected chi connectivity index (χ1v) is 3.92. The van der Waals surface area contributed by atoms with E-state index >= 15 is 0 Å². The summed E-state index contributed by atoms with van der Waals surface area (Å²) in [6.45, 7) is 0. The monoisotopic (exact) mass is 192 g/mol. The fraction of sp³-hybridized carbons (Fsp3) is 0.125. The van der Waals surface area contributed by atoms with Crippen LogP contribution in [0, 0.1) is 0 Å². The van der Waals surface area contributed by atoms with Crippen LogP contribution in [0.4, 0.5) is 0 Å². The van der Waals surface area contributed by atoms with Crippen LogP contribution in [-0.4, -0.2) is 32.8 Å². The zero-order valence-electron chi connectivity index (χ0n) is 7.43. The minimum atomic E-state index is 0.0106. The molecule has 1 aromatic carbocycles. The van der Waals surface area contributed by atoms with Crippen LogP contribution in [0.2, 0.25) is 0 Å². The van der Waals surface area contributed by atoms with Gasteiger partial charge in [-0.3, -0.25) is 0 Å². The molecule has 0 radical (unpaired) electrons. The SMILES string of the molecule is COc1cccc(-c2nn[nH]n2)c1O. The number of rotatable bonds is 2. The van der Waals surface area contributed by atoms with Crippen LogP contribution in [0.15, 0.2) is 18.2 Å². The fourth-order valence-corrected chi connectivity index (χ4v) is 1.14. The van der Waals surface area contributed by atoms with Crippen molar-refractivity contribution < 1.29 is 9.84 Å². The number of hydrogen-bond acceptors (Lipinski definition) is 5. The zero-order chi connectivity index (χ0) is 9.97. The van der Waals surface area contributed by atoms with Crippen molar-refractivity contribution in [3.8, 4) is 22.9 Å². The number of hydrogen-bond donors (Lipinski definition) is 2. The Morgan fingerprint density at radius 3 is 2.93 bits per heavy atom. The van der Waals surface area contributed by atoms with E-state index in [0.717, 1.165) is 0 Å². The molecule has 6 nitrogen and oxygen atoms in total. The largest absolute Gasteiger partial charge is 0.504 e. The molecule has 1 aromatic heterocycles. The van der Waals surface area contributed by atoms with E-state index in [9.17, 15) is 5.11 Å². The van der Waals surface area contributed by atoms with Gasteiger partial charge in [0.15, 0.2) is 11.5 Å². The highest BCUT2D eigenvalue weighted by atomic mass is 16.5. The highest BCUT2D eigenvalue weighted by Gasteiger charge is 2.12. The van der Waals surface area contributed by atoms with Crippen molar-refractivity contribution >= 4 is 0 Å². The second kappa shape index (κ2) is 3.33. The van der Waals surface area contributed by atoms with Crippen molar-refractivity contribution in [2.75, 3.05) is 7.11 Å². The van der Waals surface area contributed by atoms with E-state index in [1.54, 1.807) is 18.2 Å². The van der Waals surface area contributed by atoms with Crippen molar-refractivity contribution in [1.29, 1.82) is 0 Å². The Kier molecular flexibility index (Phi) is 2.02. The summed E-state index contributed by atoms with van der Waals surface area (Å²) in [6.07, 6.45) is 0. The molecular weight excluding hydrogens is 184 g/mol. The lowest BCUT2D eigenvalue weighted by atomic mass is 10.2. The third-order valence-corrected chi connectivity index (χ3v) is 1.81. The number of nitrogens with one attached hydrogen (secondary N) is 1. The number of phenols is 1. The predicted molar refractivity (Wildman–Crippen MR) is 47.8 cm³/mol. The Labute approximate surface area is 79.5 Å². The average molecular weight is 192 g/mol. The first kappa shape index (κ1) is 8.49. The molecule has 0 fully saturated rings. The molecule has 6 heteroatoms. The molecule has 0 unspecified atom stereocenters. The maximum Gasteiger partial charge on any atom is 0.208 e. The predicted octanol–water partition coefficient (Wildman–Crippen LogP) is 0.581. The van der Waals surface area contributed by atoms with Gasteiger partial charge in [-0.2, -0.15) is 5.21 Å². The summed E-state index contributed by atoms with van der Waals surface area (Å²) in [5, 5.41) is 23.0. The molecule has 0 aliphatic rings. The Morgan fingerprint density at radius 2 is 2.29 bits per heavy atom. The smallest absolute Gasteiger partial charge is 0.208 e. The average Bonchev–Trinajstić information content (AvgIpc) is 2.71. The lowest BCUT2D eigenvalue weighted by Crippen LogP contribution is -1.87. The van der Waals surface area contributed by atoms with Crippen molar-refractivity contribution in [3.05, 3.63) is 18.2 Å². The van der Waals surface area contributed by atoms with Crippen LogP contribution in [0.25, 0.3) is 11.4 Å². The second-order valence-electron chi connectivity index (χ2n) is 2.59. The van der Waals surface area contributed by atoms with Gasteiger partial charge in [0.2, 0.25) is 5.82 Å². The van der Waals surface area contributed by atoms with Gasteiger partial charge < -0.3 is 9.84 Å². The van der Waals surface area contributed by atoms with Crippen LogP contribution >= 0.6 is 0 Å². The number of aromatic hydroxyl groups is 1. The normalized spacial score (nSPS) is 10.1. The topological polar surface area (TPSA) is 83.9 Å². The van der Waals surface area contributed by atoms with Gasteiger partial charge in [-0.25, -0.2) is 0 Å². The number of nitrogens with zero attached hydrogens (tertiary/aromatic N) is 3. The van der Waals surface area contributed by atoms with Gasteiger partial charge in [-0.1, -0.05) is 6.07 Å². The van der Waals surface area contributed by atoms with Gasteiger partial charge in [0, 0.05) is 0 Å². The van der Waals surface area contributed by atoms with Crippen LogP contribution < -0.4 is 4.74 Å². The molecule has 0 amide bonds. The summed E-state index contributed by atoms with van der Waals surface area (Å²) in [5.74, 6) is 0.727. The standard InChI is InChI=1S/C8H8N4O2/c1-14-6-4-2-3-5(7(6)13)8-9-11-12-10-8/h2-4,13H,1H3,(H,9,10,11,12). The van der Waals surface area contributed by atoms with Crippen molar-refractivity contribution in [2.45, 2.75) is 0 Å². The van der Waals surface area contributed by atoms with E-state index in [1.165, 1.54) is 7.11 Å². The first-order chi connectivity index (χ1) is 6.83. The van der Waals surface area contributed by atoms with E-state index in [4.69, 9.17) is 4.74 Å². The molecule has 2 rings (SSSR count). The van der Waals surface area contributed by atoms with Gasteiger partial charge in [0.25, 0.3) is 0 Å². The number of aromatic nitrogens is 4. The molecule has 2 N–H and O–H groups in total. The summed E-state index contributed by atoms with van der Waals surface area (Å²) in [7, 11) is 1.48. The Bertz CT molecular complexity index is 427. The molecule has 0 bridgehead atoms.